The molecule has 1 aromatic carbocycles. The molecule has 0 spiro atoms. The molecular formula is C13H22N2O2S. The molecule has 0 aliphatic rings. The largest absolute Gasteiger partial charge is 0.398 e. The molecule has 0 radical (unpaired) electrons. The second-order valence-electron chi connectivity index (χ2n) is 4.79. The van der Waals surface area contributed by atoms with Crippen molar-refractivity contribution in [2.75, 3.05) is 12.3 Å². The summed E-state index contributed by atoms with van der Waals surface area (Å²) in [5.74, 6) is 0.311. The molecule has 0 aliphatic carbocycles. The minimum Gasteiger partial charge on any atom is -0.398 e. The lowest BCUT2D eigenvalue weighted by atomic mass is 10.1. The number of hydrogen-bond donors (Lipinski definition) is 2. The third-order valence-electron chi connectivity index (χ3n) is 3.29. The van der Waals surface area contributed by atoms with Crippen LogP contribution in [0.15, 0.2) is 17.0 Å². The Hall–Kier alpha value is -1.07. The van der Waals surface area contributed by atoms with Crippen molar-refractivity contribution in [3.05, 3.63) is 23.3 Å². The van der Waals surface area contributed by atoms with E-state index in [4.69, 9.17) is 5.73 Å². The Balaban J connectivity index is 3.09. The number of benzene rings is 1. The molecule has 1 unspecified atom stereocenters. The van der Waals surface area contributed by atoms with Gasteiger partial charge in [-0.05, 0) is 37.0 Å². The molecule has 0 fully saturated rings. The molecule has 5 heteroatoms. The van der Waals surface area contributed by atoms with E-state index in [1.54, 1.807) is 13.0 Å². The van der Waals surface area contributed by atoms with Crippen LogP contribution in [0.2, 0.25) is 0 Å². The highest BCUT2D eigenvalue weighted by Crippen LogP contribution is 2.25. The van der Waals surface area contributed by atoms with Crippen molar-refractivity contribution in [2.45, 2.75) is 39.0 Å². The maximum atomic E-state index is 12.3. The second kappa shape index (κ2) is 5.71. The Morgan fingerprint density at radius 2 is 1.94 bits per heavy atom. The standard InChI is InChI=1S/C13H22N2O2S/c1-5-9(2)8-15-18(16,17)13-11(4)10(3)6-7-12(13)14/h6-7,9,15H,5,8,14H2,1-4H3. The highest BCUT2D eigenvalue weighted by atomic mass is 32.2. The van der Waals surface area contributed by atoms with Crippen LogP contribution in [0.5, 0.6) is 0 Å². The third kappa shape index (κ3) is 3.23. The second-order valence-corrected chi connectivity index (χ2v) is 6.49. The molecule has 0 aliphatic heterocycles. The van der Waals surface area contributed by atoms with Gasteiger partial charge >= 0.3 is 0 Å². The van der Waals surface area contributed by atoms with Crippen molar-refractivity contribution in [3.63, 3.8) is 0 Å². The van der Waals surface area contributed by atoms with Crippen LogP contribution in [0.1, 0.15) is 31.4 Å². The zero-order valence-corrected chi connectivity index (χ0v) is 12.3. The van der Waals surface area contributed by atoms with Crippen LogP contribution < -0.4 is 10.5 Å². The van der Waals surface area contributed by atoms with Crippen molar-refractivity contribution < 1.29 is 8.42 Å². The van der Waals surface area contributed by atoms with E-state index >= 15 is 0 Å². The Kier molecular flexibility index (Phi) is 4.76. The quantitative estimate of drug-likeness (QED) is 0.806. The van der Waals surface area contributed by atoms with Crippen molar-refractivity contribution >= 4 is 15.7 Å². The molecule has 1 rings (SSSR count). The van der Waals surface area contributed by atoms with Crippen LogP contribution in [-0.2, 0) is 10.0 Å². The number of nitrogen functional groups attached to an aromatic ring is 1. The molecule has 18 heavy (non-hydrogen) atoms. The van der Waals surface area contributed by atoms with Gasteiger partial charge in [-0.2, -0.15) is 0 Å². The van der Waals surface area contributed by atoms with E-state index in [1.807, 2.05) is 26.8 Å². The van der Waals surface area contributed by atoms with Crippen LogP contribution in [0.25, 0.3) is 0 Å². The molecule has 0 amide bonds. The van der Waals surface area contributed by atoms with Gasteiger partial charge in [-0.1, -0.05) is 26.3 Å². The van der Waals surface area contributed by atoms with Crippen LogP contribution in [0.4, 0.5) is 5.69 Å². The molecule has 3 N–H and O–H groups in total. The minimum absolute atomic E-state index is 0.214. The monoisotopic (exact) mass is 270 g/mol. The van der Waals surface area contributed by atoms with E-state index in [1.165, 1.54) is 0 Å². The molecule has 0 saturated carbocycles. The summed E-state index contributed by atoms with van der Waals surface area (Å²) in [5, 5.41) is 0. The zero-order valence-electron chi connectivity index (χ0n) is 11.4. The Labute approximate surface area is 110 Å². The van der Waals surface area contributed by atoms with Gasteiger partial charge in [0.25, 0.3) is 0 Å². The lowest BCUT2D eigenvalue weighted by Crippen LogP contribution is -2.29. The smallest absolute Gasteiger partial charge is 0.242 e. The van der Waals surface area contributed by atoms with Crippen molar-refractivity contribution in [1.82, 2.24) is 4.72 Å². The maximum Gasteiger partial charge on any atom is 0.242 e. The number of aryl methyl sites for hydroxylation is 1. The summed E-state index contributed by atoms with van der Waals surface area (Å²) in [6.07, 6.45) is 0.935. The number of hydrogen-bond acceptors (Lipinski definition) is 3. The Morgan fingerprint density at radius 1 is 1.33 bits per heavy atom. The molecule has 0 bridgehead atoms. The predicted octanol–water partition coefficient (Wildman–Crippen LogP) is 2.21. The van der Waals surface area contributed by atoms with Gasteiger partial charge in [0.1, 0.15) is 4.90 Å². The normalized spacial score (nSPS) is 13.6. The molecule has 0 aromatic heterocycles. The highest BCUT2D eigenvalue weighted by molar-refractivity contribution is 7.89. The predicted molar refractivity (Wildman–Crippen MR) is 75.0 cm³/mol. The summed E-state index contributed by atoms with van der Waals surface area (Å²) in [4.78, 5) is 0.214. The number of anilines is 1. The number of nitrogens with two attached hydrogens (primary N) is 1. The number of nitrogens with one attached hydrogen (secondary N) is 1. The summed E-state index contributed by atoms with van der Waals surface area (Å²) in [6.45, 7) is 8.14. The SMILES string of the molecule is CCC(C)CNS(=O)(=O)c1c(N)ccc(C)c1C. The van der Waals surface area contributed by atoms with Crippen LogP contribution in [0, 0.1) is 19.8 Å². The molecule has 1 aromatic rings. The fourth-order valence-corrected chi connectivity index (χ4v) is 3.23. The van der Waals surface area contributed by atoms with Gasteiger partial charge in [0.2, 0.25) is 10.0 Å². The topological polar surface area (TPSA) is 72.2 Å². The van der Waals surface area contributed by atoms with E-state index in [9.17, 15) is 8.42 Å². The third-order valence-corrected chi connectivity index (χ3v) is 4.92. The average Bonchev–Trinajstić information content (AvgIpc) is 2.31. The number of sulfonamides is 1. The van der Waals surface area contributed by atoms with Gasteiger partial charge in [0, 0.05) is 6.54 Å². The van der Waals surface area contributed by atoms with Crippen LogP contribution >= 0.6 is 0 Å². The van der Waals surface area contributed by atoms with Crippen molar-refractivity contribution in [3.8, 4) is 0 Å². The Bertz CT molecular complexity index is 524. The minimum atomic E-state index is -3.52. The van der Waals surface area contributed by atoms with E-state index in [2.05, 4.69) is 4.72 Å². The first kappa shape index (κ1) is 15.0. The van der Waals surface area contributed by atoms with Gasteiger partial charge < -0.3 is 5.73 Å². The molecular weight excluding hydrogens is 248 g/mol. The van der Waals surface area contributed by atoms with Gasteiger partial charge in [0.05, 0.1) is 5.69 Å². The zero-order chi connectivity index (χ0) is 13.9. The average molecular weight is 270 g/mol. The van der Waals surface area contributed by atoms with E-state index in [0.29, 0.717) is 23.7 Å². The fourth-order valence-electron chi connectivity index (χ4n) is 1.64. The van der Waals surface area contributed by atoms with Gasteiger partial charge in [-0.25, -0.2) is 13.1 Å². The van der Waals surface area contributed by atoms with Crippen LogP contribution in [0.3, 0.4) is 0 Å². The van der Waals surface area contributed by atoms with Gasteiger partial charge in [0.15, 0.2) is 0 Å². The van der Waals surface area contributed by atoms with E-state index in [-0.39, 0.29) is 4.90 Å². The summed E-state index contributed by atoms with van der Waals surface area (Å²) < 4.78 is 27.1. The van der Waals surface area contributed by atoms with E-state index in [0.717, 1.165) is 12.0 Å². The van der Waals surface area contributed by atoms with Gasteiger partial charge in [-0.3, -0.25) is 0 Å². The lowest BCUT2D eigenvalue weighted by molar-refractivity contribution is 0.528. The summed E-state index contributed by atoms with van der Waals surface area (Å²) in [5.41, 5.74) is 7.74. The maximum absolute atomic E-state index is 12.3. The summed E-state index contributed by atoms with van der Waals surface area (Å²) >= 11 is 0. The first-order valence-corrected chi connectivity index (χ1v) is 7.63. The summed E-state index contributed by atoms with van der Waals surface area (Å²) in [7, 11) is -3.52. The van der Waals surface area contributed by atoms with E-state index < -0.39 is 10.0 Å². The highest BCUT2D eigenvalue weighted by Gasteiger charge is 2.21. The first-order chi connectivity index (χ1) is 8.29. The Morgan fingerprint density at radius 3 is 2.50 bits per heavy atom. The molecule has 1 atom stereocenters. The molecule has 102 valence electrons. The number of rotatable bonds is 5. The lowest BCUT2D eigenvalue weighted by Gasteiger charge is -2.15. The first-order valence-electron chi connectivity index (χ1n) is 6.15. The van der Waals surface area contributed by atoms with Crippen LogP contribution in [-0.4, -0.2) is 15.0 Å². The van der Waals surface area contributed by atoms with Crippen molar-refractivity contribution in [1.29, 1.82) is 0 Å². The van der Waals surface area contributed by atoms with Gasteiger partial charge in [-0.15, -0.1) is 0 Å². The molecule has 0 saturated heterocycles. The fraction of sp³-hybridized carbons (Fsp3) is 0.538. The molecule has 0 heterocycles. The van der Waals surface area contributed by atoms with Crippen molar-refractivity contribution in [2.24, 2.45) is 5.92 Å². The summed E-state index contributed by atoms with van der Waals surface area (Å²) in [6, 6.07) is 3.47. The molecule has 4 nitrogen and oxygen atoms in total.